The van der Waals surface area contributed by atoms with Crippen molar-refractivity contribution in [2.24, 2.45) is 5.92 Å². The topological polar surface area (TPSA) is 88.1 Å². The van der Waals surface area contributed by atoms with Gasteiger partial charge in [0, 0.05) is 13.0 Å². The molecule has 1 aliphatic carbocycles. The van der Waals surface area contributed by atoms with Gasteiger partial charge >= 0.3 is 5.97 Å². The van der Waals surface area contributed by atoms with Crippen LogP contribution in [0.5, 0.6) is 23.0 Å². The summed E-state index contributed by atoms with van der Waals surface area (Å²) in [6.45, 7) is 8.01. The highest BCUT2D eigenvalue weighted by Crippen LogP contribution is 2.33. The van der Waals surface area contributed by atoms with E-state index in [-0.39, 0.29) is 17.7 Å². The van der Waals surface area contributed by atoms with Crippen LogP contribution in [-0.4, -0.2) is 40.5 Å². The molecular weight excluding hydrogens is 612 g/mol. The Balaban J connectivity index is 1.15. The number of hydrogen-bond donors (Lipinski definition) is 2. The minimum absolute atomic E-state index is 0.0608. The molecule has 7 heteroatoms. The lowest BCUT2D eigenvalue weighted by molar-refractivity contribution is -0.142. The second-order valence-corrected chi connectivity index (χ2v) is 14.6. The Bertz CT molecular complexity index is 1710. The third-order valence-electron chi connectivity index (χ3n) is 9.92. The highest BCUT2D eigenvalue weighted by atomic mass is 16.5. The lowest BCUT2D eigenvalue weighted by Crippen LogP contribution is -2.54. The molecule has 0 radical (unpaired) electrons. The third kappa shape index (κ3) is 9.09. The van der Waals surface area contributed by atoms with E-state index < -0.39 is 18.1 Å². The maximum atomic E-state index is 14.0. The van der Waals surface area contributed by atoms with Crippen molar-refractivity contribution in [3.8, 4) is 23.0 Å². The largest absolute Gasteiger partial charge is 0.480 e. The summed E-state index contributed by atoms with van der Waals surface area (Å²) in [5.41, 5.74) is 4.34. The van der Waals surface area contributed by atoms with Crippen LogP contribution in [0.15, 0.2) is 97.1 Å². The Morgan fingerprint density at radius 1 is 0.816 bits per heavy atom. The normalized spacial score (nSPS) is 17.2. The zero-order valence-electron chi connectivity index (χ0n) is 28.9. The average molecular weight is 661 g/mol. The molecule has 0 aromatic heterocycles. The molecule has 1 amide bonds. The first kappa shape index (κ1) is 34.3. The molecule has 0 unspecified atom stereocenters. The van der Waals surface area contributed by atoms with Crippen LogP contribution in [0.4, 0.5) is 0 Å². The van der Waals surface area contributed by atoms with E-state index in [1.165, 1.54) is 36.8 Å². The quantitative estimate of drug-likeness (QED) is 0.158. The minimum atomic E-state index is -1.06. The molecule has 1 fully saturated rings. The van der Waals surface area contributed by atoms with Crippen LogP contribution in [0, 0.1) is 5.92 Å². The van der Waals surface area contributed by atoms with Gasteiger partial charge in [0.25, 0.3) is 0 Å². The van der Waals surface area contributed by atoms with E-state index in [4.69, 9.17) is 9.47 Å². The first-order valence-electron chi connectivity index (χ1n) is 17.6. The molecule has 7 nitrogen and oxygen atoms in total. The van der Waals surface area contributed by atoms with E-state index in [2.05, 4.69) is 49.2 Å². The first-order valence-corrected chi connectivity index (χ1v) is 17.6. The molecule has 4 aromatic carbocycles. The molecule has 1 heterocycles. The Kier molecular flexibility index (Phi) is 10.7. The van der Waals surface area contributed by atoms with Crippen LogP contribution >= 0.6 is 0 Å². The number of carboxylic acid groups (broad SMARTS) is 1. The van der Waals surface area contributed by atoms with Crippen LogP contribution < -0.4 is 14.8 Å². The van der Waals surface area contributed by atoms with Gasteiger partial charge in [-0.15, -0.1) is 0 Å². The molecule has 256 valence electrons. The van der Waals surface area contributed by atoms with Crippen molar-refractivity contribution >= 4 is 11.9 Å². The van der Waals surface area contributed by atoms with E-state index in [1.54, 1.807) is 0 Å². The summed E-state index contributed by atoms with van der Waals surface area (Å²) >= 11 is 0. The van der Waals surface area contributed by atoms with Gasteiger partial charge in [-0.05, 0) is 102 Å². The second kappa shape index (κ2) is 15.3. The Morgan fingerprint density at radius 2 is 1.43 bits per heavy atom. The number of para-hydroxylation sites is 1. The van der Waals surface area contributed by atoms with Gasteiger partial charge in [-0.1, -0.05) is 95.0 Å². The zero-order chi connectivity index (χ0) is 34.4. The minimum Gasteiger partial charge on any atom is -0.480 e. The van der Waals surface area contributed by atoms with Crippen LogP contribution in [-0.2, 0) is 34.4 Å². The smallest absolute Gasteiger partial charge is 0.326 e. The summed E-state index contributed by atoms with van der Waals surface area (Å²) in [5.74, 6) is 2.26. The van der Waals surface area contributed by atoms with Gasteiger partial charge in [-0.2, -0.15) is 0 Å². The summed E-state index contributed by atoms with van der Waals surface area (Å²) in [6.07, 6.45) is 6.75. The highest BCUT2D eigenvalue weighted by molar-refractivity contribution is 5.87. The van der Waals surface area contributed by atoms with Gasteiger partial charge in [-0.25, -0.2) is 4.79 Å². The number of ether oxygens (including phenoxy) is 2. The van der Waals surface area contributed by atoms with Crippen molar-refractivity contribution in [1.29, 1.82) is 0 Å². The monoisotopic (exact) mass is 660 g/mol. The molecule has 2 atom stereocenters. The molecule has 0 bridgehead atoms. The number of benzene rings is 4. The molecule has 4 aromatic rings. The maximum absolute atomic E-state index is 14.0. The second-order valence-electron chi connectivity index (χ2n) is 14.6. The SMILES string of the molecule is CC(C)(C)c1ccc(Oc2ccc3c(c2)C[C@@H](C(=O)N[C@@H](Cc2ccc(Oc4ccccc4)cc2)C(=O)O)N(CCC2CCCC2)C3)cc1. The molecule has 6 rings (SSSR count). The molecule has 2 aliphatic rings. The standard InChI is InChI=1S/C42H48N2O5/c1-42(2,3)33-16-21-36(22-17-33)49-37-20-15-31-28-44(24-23-29-9-7-8-10-29)39(27-32(31)26-37)40(45)43-38(41(46)47)25-30-13-18-35(19-14-30)48-34-11-5-4-6-12-34/h4-6,11-22,26,29,38-39H,7-10,23-25,27-28H2,1-3H3,(H,43,45)(H,46,47)/t38-,39-/m0/s1. The number of carboxylic acids is 1. The van der Waals surface area contributed by atoms with Gasteiger partial charge < -0.3 is 19.9 Å². The average Bonchev–Trinajstić information content (AvgIpc) is 3.61. The van der Waals surface area contributed by atoms with E-state index in [1.807, 2.05) is 78.9 Å². The van der Waals surface area contributed by atoms with Gasteiger partial charge in [-0.3, -0.25) is 9.69 Å². The van der Waals surface area contributed by atoms with Gasteiger partial charge in [0.2, 0.25) is 5.91 Å². The van der Waals surface area contributed by atoms with Crippen molar-refractivity contribution in [2.75, 3.05) is 6.54 Å². The molecule has 0 saturated heterocycles. The molecule has 1 aliphatic heterocycles. The zero-order valence-corrected chi connectivity index (χ0v) is 28.9. The Hall–Kier alpha value is -4.62. The summed E-state index contributed by atoms with van der Waals surface area (Å²) in [7, 11) is 0. The van der Waals surface area contributed by atoms with Crippen molar-refractivity contribution in [3.05, 3.63) is 119 Å². The summed E-state index contributed by atoms with van der Waals surface area (Å²) in [6, 6.07) is 29.7. The molecular formula is C42H48N2O5. The van der Waals surface area contributed by atoms with Crippen molar-refractivity contribution < 1.29 is 24.2 Å². The first-order chi connectivity index (χ1) is 23.6. The molecule has 49 heavy (non-hydrogen) atoms. The fourth-order valence-electron chi connectivity index (χ4n) is 7.00. The number of rotatable bonds is 12. The number of nitrogens with one attached hydrogen (secondary N) is 1. The van der Waals surface area contributed by atoms with Crippen LogP contribution in [0.25, 0.3) is 0 Å². The van der Waals surface area contributed by atoms with Crippen molar-refractivity contribution in [3.63, 3.8) is 0 Å². The Morgan fingerprint density at radius 3 is 2.08 bits per heavy atom. The number of fused-ring (bicyclic) bond motifs is 1. The summed E-state index contributed by atoms with van der Waals surface area (Å²) in [5, 5.41) is 13.1. The number of aliphatic carboxylic acids is 1. The van der Waals surface area contributed by atoms with E-state index in [0.717, 1.165) is 41.3 Å². The van der Waals surface area contributed by atoms with E-state index >= 15 is 0 Å². The lowest BCUT2D eigenvalue weighted by Gasteiger charge is -2.37. The van der Waals surface area contributed by atoms with Gasteiger partial charge in [0.05, 0.1) is 6.04 Å². The van der Waals surface area contributed by atoms with Crippen LogP contribution in [0.2, 0.25) is 0 Å². The predicted molar refractivity (Wildman–Crippen MR) is 192 cm³/mol. The number of carbonyl (C=O) groups excluding carboxylic acids is 1. The van der Waals surface area contributed by atoms with Gasteiger partial charge in [0.1, 0.15) is 29.0 Å². The van der Waals surface area contributed by atoms with Crippen LogP contribution in [0.3, 0.4) is 0 Å². The van der Waals surface area contributed by atoms with Crippen LogP contribution in [0.1, 0.15) is 75.1 Å². The molecule has 2 N–H and O–H groups in total. The third-order valence-corrected chi connectivity index (χ3v) is 9.92. The molecule has 1 saturated carbocycles. The van der Waals surface area contributed by atoms with Crippen molar-refractivity contribution in [2.45, 2.75) is 89.8 Å². The maximum Gasteiger partial charge on any atom is 0.326 e. The summed E-state index contributed by atoms with van der Waals surface area (Å²) in [4.78, 5) is 28.7. The predicted octanol–water partition coefficient (Wildman–Crippen LogP) is 8.69. The number of hydrogen-bond acceptors (Lipinski definition) is 5. The van der Waals surface area contributed by atoms with Crippen molar-refractivity contribution in [1.82, 2.24) is 10.2 Å². The fraction of sp³-hybridized carbons (Fsp3) is 0.381. The highest BCUT2D eigenvalue weighted by Gasteiger charge is 2.34. The number of amides is 1. The van der Waals surface area contributed by atoms with Gasteiger partial charge in [0.15, 0.2) is 0 Å². The summed E-state index contributed by atoms with van der Waals surface area (Å²) < 4.78 is 12.1. The fourth-order valence-corrected chi connectivity index (χ4v) is 7.00. The molecule has 0 spiro atoms. The number of carbonyl (C=O) groups is 2. The van der Waals surface area contributed by atoms with E-state index in [9.17, 15) is 14.7 Å². The number of nitrogens with zero attached hydrogens (tertiary/aromatic N) is 1. The lowest BCUT2D eigenvalue weighted by atomic mass is 9.87. The van der Waals surface area contributed by atoms with E-state index in [0.29, 0.717) is 24.6 Å². The Labute approximate surface area is 290 Å².